The molecule has 5 nitrogen and oxygen atoms in total. The maximum absolute atomic E-state index is 4.88. The molecule has 0 saturated carbocycles. The van der Waals surface area contributed by atoms with Gasteiger partial charge < -0.3 is 20.4 Å². The van der Waals surface area contributed by atoms with E-state index in [0.29, 0.717) is 6.04 Å². The van der Waals surface area contributed by atoms with Crippen LogP contribution in [0.3, 0.4) is 0 Å². The van der Waals surface area contributed by atoms with Gasteiger partial charge in [-0.25, -0.2) is 0 Å². The second-order valence-corrected chi connectivity index (χ2v) is 7.38. The van der Waals surface area contributed by atoms with E-state index in [9.17, 15) is 0 Å². The van der Waals surface area contributed by atoms with Crippen molar-refractivity contribution in [3.63, 3.8) is 0 Å². The minimum Gasteiger partial charge on any atom is -0.369 e. The number of likely N-dealkylation sites (tertiary alicyclic amines) is 1. The molecule has 0 spiro atoms. The Labute approximate surface area is 152 Å². The molecule has 0 aliphatic carbocycles. The minimum absolute atomic E-state index is 0.468. The number of nitrogens with one attached hydrogen (secondary N) is 2. The van der Waals surface area contributed by atoms with Crippen molar-refractivity contribution < 1.29 is 0 Å². The Morgan fingerprint density at radius 2 is 1.88 bits per heavy atom. The van der Waals surface area contributed by atoms with Gasteiger partial charge in [-0.1, -0.05) is 18.2 Å². The predicted octanol–water partition coefficient (Wildman–Crippen LogP) is 2.16. The number of piperidine rings is 1. The first kappa shape index (κ1) is 18.1. The van der Waals surface area contributed by atoms with Gasteiger partial charge in [-0.15, -0.1) is 0 Å². The number of benzene rings is 1. The van der Waals surface area contributed by atoms with Crippen LogP contribution in [-0.2, 0) is 0 Å². The lowest BCUT2D eigenvalue weighted by Crippen LogP contribution is -2.45. The molecule has 2 N–H and O–H groups in total. The van der Waals surface area contributed by atoms with Gasteiger partial charge in [-0.05, 0) is 64.4 Å². The highest BCUT2D eigenvalue weighted by Crippen LogP contribution is 2.20. The molecule has 2 aliphatic heterocycles. The van der Waals surface area contributed by atoms with Crippen LogP contribution in [0, 0.1) is 5.92 Å². The first-order valence-corrected chi connectivity index (χ1v) is 9.78. The summed E-state index contributed by atoms with van der Waals surface area (Å²) in [4.78, 5) is 9.75. The fraction of sp³-hybridized carbons (Fsp3) is 0.650. The standard InChI is InChI=1S/C20H33N5/c1-3-21-20(22-15-17-9-12-24(2)13-10-17)23-18-11-14-25(16-18)19-7-5-4-6-8-19/h4-8,17-18H,3,9-16H2,1-2H3,(H2,21,22,23). The maximum atomic E-state index is 4.88. The van der Waals surface area contributed by atoms with Gasteiger partial charge >= 0.3 is 0 Å². The van der Waals surface area contributed by atoms with Crippen LogP contribution < -0.4 is 15.5 Å². The first-order chi connectivity index (χ1) is 12.2. The molecule has 1 unspecified atom stereocenters. The molecule has 0 amide bonds. The number of rotatable bonds is 5. The van der Waals surface area contributed by atoms with Crippen LogP contribution in [0.2, 0.25) is 0 Å². The normalized spacial score (nSPS) is 23.0. The number of hydrogen-bond acceptors (Lipinski definition) is 3. The summed E-state index contributed by atoms with van der Waals surface area (Å²) >= 11 is 0. The van der Waals surface area contributed by atoms with E-state index < -0.39 is 0 Å². The monoisotopic (exact) mass is 343 g/mol. The lowest BCUT2D eigenvalue weighted by Gasteiger charge is -2.28. The molecule has 3 rings (SSSR count). The molecule has 0 bridgehead atoms. The molecular weight excluding hydrogens is 310 g/mol. The second kappa shape index (κ2) is 9.09. The summed E-state index contributed by atoms with van der Waals surface area (Å²) < 4.78 is 0. The van der Waals surface area contributed by atoms with Crippen molar-refractivity contribution in [3.05, 3.63) is 30.3 Å². The molecule has 0 radical (unpaired) electrons. The average Bonchev–Trinajstić information content (AvgIpc) is 3.10. The van der Waals surface area contributed by atoms with Gasteiger partial charge in [0.2, 0.25) is 0 Å². The molecule has 0 aromatic heterocycles. The van der Waals surface area contributed by atoms with Crippen molar-refractivity contribution in [1.29, 1.82) is 0 Å². The highest BCUT2D eigenvalue weighted by atomic mass is 15.2. The van der Waals surface area contributed by atoms with Crippen LogP contribution in [0.15, 0.2) is 35.3 Å². The topological polar surface area (TPSA) is 42.9 Å². The summed E-state index contributed by atoms with van der Waals surface area (Å²) in [6.45, 7) is 8.56. The molecule has 1 aromatic rings. The van der Waals surface area contributed by atoms with Crippen LogP contribution in [-0.4, -0.2) is 63.2 Å². The Bertz CT molecular complexity index is 536. The maximum Gasteiger partial charge on any atom is 0.191 e. The van der Waals surface area contributed by atoms with Crippen LogP contribution in [0.4, 0.5) is 5.69 Å². The molecule has 138 valence electrons. The van der Waals surface area contributed by atoms with E-state index in [1.807, 2.05) is 0 Å². The third kappa shape index (κ3) is 5.36. The third-order valence-corrected chi connectivity index (χ3v) is 5.34. The van der Waals surface area contributed by atoms with Crippen molar-refractivity contribution in [2.24, 2.45) is 10.9 Å². The van der Waals surface area contributed by atoms with E-state index in [2.05, 4.69) is 64.7 Å². The van der Waals surface area contributed by atoms with E-state index >= 15 is 0 Å². The van der Waals surface area contributed by atoms with Crippen LogP contribution in [0.1, 0.15) is 26.2 Å². The van der Waals surface area contributed by atoms with Crippen molar-refractivity contribution >= 4 is 11.6 Å². The van der Waals surface area contributed by atoms with E-state index in [0.717, 1.165) is 44.5 Å². The van der Waals surface area contributed by atoms with Crippen molar-refractivity contribution in [2.75, 3.05) is 51.2 Å². The first-order valence-electron chi connectivity index (χ1n) is 9.78. The zero-order valence-electron chi connectivity index (χ0n) is 15.7. The summed E-state index contributed by atoms with van der Waals surface area (Å²) in [5, 5.41) is 7.07. The van der Waals surface area contributed by atoms with Crippen molar-refractivity contribution in [1.82, 2.24) is 15.5 Å². The van der Waals surface area contributed by atoms with Gasteiger partial charge in [-0.3, -0.25) is 4.99 Å². The smallest absolute Gasteiger partial charge is 0.191 e. The largest absolute Gasteiger partial charge is 0.369 e. The van der Waals surface area contributed by atoms with E-state index in [1.54, 1.807) is 0 Å². The van der Waals surface area contributed by atoms with Gasteiger partial charge in [0.25, 0.3) is 0 Å². The Balaban J connectivity index is 1.50. The fourth-order valence-corrected chi connectivity index (χ4v) is 3.73. The van der Waals surface area contributed by atoms with Gasteiger partial charge in [0.05, 0.1) is 0 Å². The molecule has 1 aromatic carbocycles. The van der Waals surface area contributed by atoms with Gasteiger partial charge in [0.1, 0.15) is 0 Å². The number of aliphatic imine (C=N–C) groups is 1. The van der Waals surface area contributed by atoms with Crippen LogP contribution in [0.25, 0.3) is 0 Å². The number of hydrogen-bond donors (Lipinski definition) is 2. The van der Waals surface area contributed by atoms with Crippen molar-refractivity contribution in [3.8, 4) is 0 Å². The SMILES string of the molecule is CCNC(=NCC1CCN(C)CC1)NC1CCN(c2ccccc2)C1. The Hall–Kier alpha value is -1.75. The molecule has 2 fully saturated rings. The zero-order valence-corrected chi connectivity index (χ0v) is 15.7. The summed E-state index contributed by atoms with van der Waals surface area (Å²) in [5.41, 5.74) is 1.32. The summed E-state index contributed by atoms with van der Waals surface area (Å²) in [6, 6.07) is 11.2. The second-order valence-electron chi connectivity index (χ2n) is 7.38. The van der Waals surface area contributed by atoms with E-state index in [4.69, 9.17) is 4.99 Å². The van der Waals surface area contributed by atoms with E-state index in [1.165, 1.54) is 31.6 Å². The van der Waals surface area contributed by atoms with Crippen LogP contribution >= 0.6 is 0 Å². The lowest BCUT2D eigenvalue weighted by atomic mass is 9.97. The number of anilines is 1. The fourth-order valence-electron chi connectivity index (χ4n) is 3.73. The summed E-state index contributed by atoms with van der Waals surface area (Å²) in [6.07, 6.45) is 3.70. The van der Waals surface area contributed by atoms with E-state index in [-0.39, 0.29) is 0 Å². The average molecular weight is 344 g/mol. The van der Waals surface area contributed by atoms with Gasteiger partial charge in [0, 0.05) is 37.9 Å². The van der Waals surface area contributed by atoms with Gasteiger partial charge in [-0.2, -0.15) is 0 Å². The number of para-hydroxylation sites is 1. The molecule has 25 heavy (non-hydrogen) atoms. The van der Waals surface area contributed by atoms with Crippen molar-refractivity contribution in [2.45, 2.75) is 32.2 Å². The summed E-state index contributed by atoms with van der Waals surface area (Å²) in [5.74, 6) is 1.72. The highest BCUT2D eigenvalue weighted by Gasteiger charge is 2.23. The Kier molecular flexibility index (Phi) is 6.56. The quantitative estimate of drug-likeness (QED) is 0.635. The highest BCUT2D eigenvalue weighted by molar-refractivity contribution is 5.80. The Morgan fingerprint density at radius 3 is 2.60 bits per heavy atom. The molecule has 5 heteroatoms. The lowest BCUT2D eigenvalue weighted by molar-refractivity contribution is 0.223. The number of guanidine groups is 1. The third-order valence-electron chi connectivity index (χ3n) is 5.34. The molecule has 2 saturated heterocycles. The number of nitrogens with zero attached hydrogens (tertiary/aromatic N) is 3. The Morgan fingerprint density at radius 1 is 1.12 bits per heavy atom. The minimum atomic E-state index is 0.468. The van der Waals surface area contributed by atoms with Crippen LogP contribution in [0.5, 0.6) is 0 Å². The zero-order chi connectivity index (χ0) is 17.5. The summed E-state index contributed by atoms with van der Waals surface area (Å²) in [7, 11) is 2.21. The molecule has 1 atom stereocenters. The van der Waals surface area contributed by atoms with Gasteiger partial charge in [0.15, 0.2) is 5.96 Å². The predicted molar refractivity (Wildman–Crippen MR) is 106 cm³/mol. The molecular formula is C20H33N5. The molecule has 2 heterocycles. The molecule has 2 aliphatic rings.